The van der Waals surface area contributed by atoms with Crippen molar-refractivity contribution in [3.05, 3.63) is 57.2 Å². The van der Waals surface area contributed by atoms with E-state index in [0.717, 1.165) is 26.2 Å². The molecule has 3 heteroatoms. The largest absolute Gasteiger partial charge is 0.497 e. The molecular weight excluding hydrogens is 339 g/mol. The van der Waals surface area contributed by atoms with Crippen molar-refractivity contribution in [2.45, 2.75) is 13.5 Å². The van der Waals surface area contributed by atoms with Gasteiger partial charge in [0.2, 0.25) is 0 Å². The molecule has 18 heavy (non-hydrogen) atoms. The fraction of sp³-hybridized carbons (Fsp3) is 0.200. The standard InChI is InChI=1S/C15H15IO2/c1-11-8-13(17-2)9-14(15(11)16)18-10-12-6-4-3-5-7-12/h3-9H,10H2,1-2H3. The number of aryl methyl sites for hydroxylation is 1. The zero-order valence-corrected chi connectivity index (χ0v) is 12.6. The maximum atomic E-state index is 5.86. The molecule has 2 nitrogen and oxygen atoms in total. The van der Waals surface area contributed by atoms with E-state index in [2.05, 4.69) is 41.6 Å². The lowest BCUT2D eigenvalue weighted by atomic mass is 10.2. The van der Waals surface area contributed by atoms with Crippen LogP contribution in [0.15, 0.2) is 42.5 Å². The lowest BCUT2D eigenvalue weighted by Gasteiger charge is -2.12. The summed E-state index contributed by atoms with van der Waals surface area (Å²) in [4.78, 5) is 0. The number of halogens is 1. The summed E-state index contributed by atoms with van der Waals surface area (Å²) in [6, 6.07) is 14.1. The van der Waals surface area contributed by atoms with E-state index in [4.69, 9.17) is 9.47 Å². The van der Waals surface area contributed by atoms with Crippen molar-refractivity contribution in [1.82, 2.24) is 0 Å². The molecule has 0 spiro atoms. The minimum Gasteiger partial charge on any atom is -0.497 e. The molecule has 0 unspecified atom stereocenters. The van der Waals surface area contributed by atoms with Crippen LogP contribution in [-0.2, 0) is 6.61 Å². The first-order chi connectivity index (χ1) is 8.70. The molecule has 2 rings (SSSR count). The Balaban J connectivity index is 2.16. The number of benzene rings is 2. The third-order valence-electron chi connectivity index (χ3n) is 2.67. The van der Waals surface area contributed by atoms with Crippen LogP contribution in [0.1, 0.15) is 11.1 Å². The molecule has 0 fully saturated rings. The zero-order chi connectivity index (χ0) is 13.0. The van der Waals surface area contributed by atoms with Gasteiger partial charge in [-0.2, -0.15) is 0 Å². The Morgan fingerprint density at radius 1 is 1.11 bits per heavy atom. The van der Waals surface area contributed by atoms with Gasteiger partial charge in [-0.15, -0.1) is 0 Å². The Hall–Kier alpha value is -1.23. The molecule has 0 bridgehead atoms. The van der Waals surface area contributed by atoms with Gasteiger partial charge in [-0.05, 0) is 46.7 Å². The fourth-order valence-electron chi connectivity index (χ4n) is 1.66. The van der Waals surface area contributed by atoms with Crippen LogP contribution in [0.4, 0.5) is 0 Å². The van der Waals surface area contributed by atoms with Gasteiger partial charge >= 0.3 is 0 Å². The predicted octanol–water partition coefficient (Wildman–Crippen LogP) is 4.19. The topological polar surface area (TPSA) is 18.5 Å². The summed E-state index contributed by atoms with van der Waals surface area (Å²) in [5.74, 6) is 1.70. The van der Waals surface area contributed by atoms with E-state index in [1.807, 2.05) is 30.3 Å². The highest BCUT2D eigenvalue weighted by atomic mass is 127. The Morgan fingerprint density at radius 3 is 2.50 bits per heavy atom. The molecule has 2 aromatic carbocycles. The van der Waals surface area contributed by atoms with Crippen molar-refractivity contribution in [1.29, 1.82) is 0 Å². The highest BCUT2D eigenvalue weighted by Gasteiger charge is 2.07. The molecule has 0 amide bonds. The Morgan fingerprint density at radius 2 is 1.83 bits per heavy atom. The quantitative estimate of drug-likeness (QED) is 0.767. The van der Waals surface area contributed by atoms with Gasteiger partial charge in [0.1, 0.15) is 18.1 Å². The van der Waals surface area contributed by atoms with E-state index in [9.17, 15) is 0 Å². The van der Waals surface area contributed by atoms with Crippen molar-refractivity contribution < 1.29 is 9.47 Å². The van der Waals surface area contributed by atoms with Gasteiger partial charge < -0.3 is 9.47 Å². The van der Waals surface area contributed by atoms with E-state index in [0.29, 0.717) is 6.61 Å². The SMILES string of the molecule is COc1cc(C)c(I)c(OCc2ccccc2)c1. The number of methoxy groups -OCH3 is 1. The van der Waals surface area contributed by atoms with E-state index in [1.165, 1.54) is 0 Å². The molecule has 0 atom stereocenters. The van der Waals surface area contributed by atoms with Crippen LogP contribution in [-0.4, -0.2) is 7.11 Å². The molecule has 0 heterocycles. The summed E-state index contributed by atoms with van der Waals surface area (Å²) in [5, 5.41) is 0. The number of ether oxygens (including phenoxy) is 2. The minimum absolute atomic E-state index is 0.573. The van der Waals surface area contributed by atoms with Crippen molar-refractivity contribution in [2.24, 2.45) is 0 Å². The maximum absolute atomic E-state index is 5.86. The molecular formula is C15H15IO2. The molecule has 0 N–H and O–H groups in total. The minimum atomic E-state index is 0.573. The zero-order valence-electron chi connectivity index (χ0n) is 10.4. The third-order valence-corrected chi connectivity index (χ3v) is 4.05. The van der Waals surface area contributed by atoms with Gasteiger partial charge in [0.15, 0.2) is 0 Å². The van der Waals surface area contributed by atoms with Crippen LogP contribution < -0.4 is 9.47 Å². The number of hydrogen-bond acceptors (Lipinski definition) is 2. The van der Waals surface area contributed by atoms with Crippen molar-refractivity contribution in [2.75, 3.05) is 7.11 Å². The average Bonchev–Trinajstić information content (AvgIpc) is 2.41. The van der Waals surface area contributed by atoms with Crippen molar-refractivity contribution in [3.8, 4) is 11.5 Å². The van der Waals surface area contributed by atoms with Crippen LogP contribution in [0.2, 0.25) is 0 Å². The second kappa shape index (κ2) is 6.09. The Kier molecular flexibility index (Phi) is 4.47. The fourth-order valence-corrected chi connectivity index (χ4v) is 2.13. The second-order valence-corrected chi connectivity index (χ2v) is 5.11. The van der Waals surface area contributed by atoms with Crippen LogP contribution in [0.3, 0.4) is 0 Å². The van der Waals surface area contributed by atoms with Gasteiger partial charge in [0, 0.05) is 6.07 Å². The molecule has 0 aromatic heterocycles. The van der Waals surface area contributed by atoms with Crippen LogP contribution in [0.5, 0.6) is 11.5 Å². The van der Waals surface area contributed by atoms with Crippen LogP contribution >= 0.6 is 22.6 Å². The molecule has 0 saturated heterocycles. The van der Waals surface area contributed by atoms with Gasteiger partial charge in [-0.3, -0.25) is 0 Å². The lowest BCUT2D eigenvalue weighted by molar-refractivity contribution is 0.301. The number of hydrogen-bond donors (Lipinski definition) is 0. The van der Waals surface area contributed by atoms with Gasteiger partial charge in [-0.1, -0.05) is 30.3 Å². The highest BCUT2D eigenvalue weighted by Crippen LogP contribution is 2.30. The second-order valence-electron chi connectivity index (χ2n) is 4.03. The van der Waals surface area contributed by atoms with Crippen molar-refractivity contribution >= 4 is 22.6 Å². The number of rotatable bonds is 4. The van der Waals surface area contributed by atoms with E-state index < -0.39 is 0 Å². The average molecular weight is 354 g/mol. The molecule has 94 valence electrons. The molecule has 0 aliphatic heterocycles. The molecule has 2 aromatic rings. The molecule has 0 aliphatic rings. The predicted molar refractivity (Wildman–Crippen MR) is 81.2 cm³/mol. The van der Waals surface area contributed by atoms with E-state index in [1.54, 1.807) is 7.11 Å². The Labute approximate surface area is 121 Å². The maximum Gasteiger partial charge on any atom is 0.137 e. The van der Waals surface area contributed by atoms with Gasteiger partial charge in [0.25, 0.3) is 0 Å². The summed E-state index contributed by atoms with van der Waals surface area (Å²) in [6.07, 6.45) is 0. The van der Waals surface area contributed by atoms with E-state index in [-0.39, 0.29) is 0 Å². The summed E-state index contributed by atoms with van der Waals surface area (Å²) >= 11 is 2.30. The third kappa shape index (κ3) is 3.16. The smallest absolute Gasteiger partial charge is 0.137 e. The summed E-state index contributed by atoms with van der Waals surface area (Å²) in [6.45, 7) is 2.63. The molecule has 0 radical (unpaired) electrons. The summed E-state index contributed by atoms with van der Waals surface area (Å²) < 4.78 is 12.2. The first kappa shape index (κ1) is 13.2. The van der Waals surface area contributed by atoms with Crippen molar-refractivity contribution in [3.63, 3.8) is 0 Å². The van der Waals surface area contributed by atoms with Gasteiger partial charge in [0.05, 0.1) is 10.7 Å². The summed E-state index contributed by atoms with van der Waals surface area (Å²) in [5.41, 5.74) is 2.33. The molecule has 0 aliphatic carbocycles. The first-order valence-electron chi connectivity index (χ1n) is 5.71. The lowest BCUT2D eigenvalue weighted by Crippen LogP contribution is -1.98. The van der Waals surface area contributed by atoms with Crippen LogP contribution in [0.25, 0.3) is 0 Å². The monoisotopic (exact) mass is 354 g/mol. The summed E-state index contributed by atoms with van der Waals surface area (Å²) in [7, 11) is 1.67. The van der Waals surface area contributed by atoms with E-state index >= 15 is 0 Å². The first-order valence-corrected chi connectivity index (χ1v) is 6.79. The van der Waals surface area contributed by atoms with Crippen LogP contribution in [0, 0.1) is 10.5 Å². The normalized spacial score (nSPS) is 10.2. The Bertz CT molecular complexity index is 524. The van der Waals surface area contributed by atoms with Gasteiger partial charge in [-0.25, -0.2) is 0 Å². The molecule has 0 saturated carbocycles. The highest BCUT2D eigenvalue weighted by molar-refractivity contribution is 14.1.